The number of carboxylic acids is 1. The van der Waals surface area contributed by atoms with Crippen molar-refractivity contribution in [1.82, 2.24) is 5.32 Å². The summed E-state index contributed by atoms with van der Waals surface area (Å²) in [7, 11) is 0. The minimum absolute atomic E-state index is 0.234. The van der Waals surface area contributed by atoms with E-state index in [0.29, 0.717) is 0 Å². The van der Waals surface area contributed by atoms with Crippen LogP contribution in [-0.4, -0.2) is 33.6 Å². The first-order chi connectivity index (χ1) is 6.76. The number of hydrogen-bond donors (Lipinski definition) is 2. The third-order valence-corrected chi connectivity index (χ3v) is 1.69. The number of hydrogen-bond acceptors (Lipinski definition) is 3. The highest BCUT2D eigenvalue weighted by atomic mass is 35.6. The van der Waals surface area contributed by atoms with Crippen molar-refractivity contribution in [2.45, 2.75) is 23.2 Å². The van der Waals surface area contributed by atoms with Crippen LogP contribution in [-0.2, 0) is 9.53 Å². The number of carbonyl (C=O) groups excluding carboxylic acids is 1. The summed E-state index contributed by atoms with van der Waals surface area (Å²) in [4.78, 5) is 21.5. The van der Waals surface area contributed by atoms with Gasteiger partial charge >= 0.3 is 12.1 Å². The van der Waals surface area contributed by atoms with Crippen molar-refractivity contribution in [3.8, 4) is 0 Å². The second kappa shape index (κ2) is 6.25. The molecule has 0 aromatic heterocycles. The minimum atomic E-state index is -1.71. The SMILES string of the molecule is CC[C@H](NC(=O)OCC(Cl)(Cl)Cl)C(=O)O. The number of amides is 1. The molecule has 5 nitrogen and oxygen atoms in total. The fraction of sp³-hybridized carbons (Fsp3) is 0.714. The largest absolute Gasteiger partial charge is 0.480 e. The first-order valence-corrected chi connectivity index (χ1v) is 5.12. The van der Waals surface area contributed by atoms with Crippen LogP contribution in [0, 0.1) is 0 Å². The van der Waals surface area contributed by atoms with Crippen molar-refractivity contribution >= 4 is 46.9 Å². The van der Waals surface area contributed by atoms with Gasteiger partial charge in [0.1, 0.15) is 12.6 Å². The van der Waals surface area contributed by atoms with E-state index < -0.39 is 28.5 Å². The van der Waals surface area contributed by atoms with Crippen LogP contribution < -0.4 is 5.32 Å². The fourth-order valence-electron chi connectivity index (χ4n) is 0.670. The molecule has 0 aliphatic carbocycles. The molecule has 0 aliphatic heterocycles. The van der Waals surface area contributed by atoms with E-state index >= 15 is 0 Å². The normalized spacial score (nSPS) is 13.1. The number of alkyl halides is 3. The zero-order chi connectivity index (χ0) is 12.1. The number of ether oxygens (including phenoxy) is 1. The minimum Gasteiger partial charge on any atom is -0.480 e. The molecule has 88 valence electrons. The molecule has 8 heteroatoms. The van der Waals surface area contributed by atoms with E-state index in [2.05, 4.69) is 10.1 Å². The van der Waals surface area contributed by atoms with Gasteiger partial charge in [-0.2, -0.15) is 0 Å². The Kier molecular flexibility index (Phi) is 6.09. The van der Waals surface area contributed by atoms with Crippen LogP contribution in [0.4, 0.5) is 4.79 Å². The summed E-state index contributed by atoms with van der Waals surface area (Å²) >= 11 is 16.0. The molecule has 0 unspecified atom stereocenters. The molecule has 0 fully saturated rings. The van der Waals surface area contributed by atoms with Crippen molar-refractivity contribution in [2.75, 3.05) is 6.61 Å². The molecule has 1 atom stereocenters. The highest BCUT2D eigenvalue weighted by molar-refractivity contribution is 6.67. The zero-order valence-electron chi connectivity index (χ0n) is 7.80. The molecule has 0 saturated carbocycles. The van der Waals surface area contributed by atoms with Crippen molar-refractivity contribution < 1.29 is 19.4 Å². The zero-order valence-corrected chi connectivity index (χ0v) is 10.1. The molecule has 1 amide bonds. The van der Waals surface area contributed by atoms with Gasteiger partial charge in [-0.1, -0.05) is 41.7 Å². The van der Waals surface area contributed by atoms with Crippen molar-refractivity contribution in [3.63, 3.8) is 0 Å². The summed E-state index contributed by atoms with van der Waals surface area (Å²) in [6.07, 6.45) is -0.700. The predicted octanol–water partition coefficient (Wildman–Crippen LogP) is 1.95. The first-order valence-electron chi connectivity index (χ1n) is 3.99. The number of alkyl carbamates (subject to hydrolysis) is 1. The van der Waals surface area contributed by atoms with Gasteiger partial charge in [0.2, 0.25) is 3.79 Å². The average Bonchev–Trinajstić information content (AvgIpc) is 2.09. The van der Waals surface area contributed by atoms with Crippen molar-refractivity contribution in [3.05, 3.63) is 0 Å². The Morgan fingerprint density at radius 1 is 1.47 bits per heavy atom. The van der Waals surface area contributed by atoms with Gasteiger partial charge in [-0.3, -0.25) is 0 Å². The Morgan fingerprint density at radius 2 is 2.00 bits per heavy atom. The van der Waals surface area contributed by atoms with E-state index in [-0.39, 0.29) is 6.42 Å². The Morgan fingerprint density at radius 3 is 2.33 bits per heavy atom. The quantitative estimate of drug-likeness (QED) is 0.771. The summed E-state index contributed by atoms with van der Waals surface area (Å²) < 4.78 is 2.77. The molecule has 15 heavy (non-hydrogen) atoms. The number of halogens is 3. The summed E-state index contributed by atoms with van der Waals surface area (Å²) in [5.74, 6) is -1.15. The Labute approximate surface area is 102 Å². The molecule has 0 spiro atoms. The first kappa shape index (κ1) is 14.6. The molecule has 0 heterocycles. The predicted molar refractivity (Wildman–Crippen MR) is 56.5 cm³/mol. The van der Waals surface area contributed by atoms with Crippen LogP contribution in [0.3, 0.4) is 0 Å². The van der Waals surface area contributed by atoms with Crippen molar-refractivity contribution in [2.24, 2.45) is 0 Å². The molecule has 0 saturated heterocycles. The lowest BCUT2D eigenvalue weighted by molar-refractivity contribution is -0.139. The van der Waals surface area contributed by atoms with E-state index in [1.54, 1.807) is 6.92 Å². The van der Waals surface area contributed by atoms with Crippen LogP contribution in [0.15, 0.2) is 0 Å². The maximum Gasteiger partial charge on any atom is 0.407 e. The monoisotopic (exact) mass is 277 g/mol. The lowest BCUT2D eigenvalue weighted by atomic mass is 10.2. The van der Waals surface area contributed by atoms with Gasteiger partial charge < -0.3 is 15.2 Å². The lowest BCUT2D eigenvalue weighted by Gasteiger charge is -2.14. The molecule has 0 bridgehead atoms. The summed E-state index contributed by atoms with van der Waals surface area (Å²) in [5, 5.41) is 10.7. The molecular weight excluding hydrogens is 268 g/mol. The number of aliphatic carboxylic acids is 1. The van der Waals surface area contributed by atoms with Gasteiger partial charge in [-0.25, -0.2) is 9.59 Å². The Balaban J connectivity index is 3.98. The fourth-order valence-corrected chi connectivity index (χ4v) is 0.833. The molecular formula is C7H10Cl3NO4. The van der Waals surface area contributed by atoms with E-state index in [1.165, 1.54) is 0 Å². The summed E-state index contributed by atoms with van der Waals surface area (Å²) in [6.45, 7) is 1.16. The molecule has 0 radical (unpaired) electrons. The van der Waals surface area contributed by atoms with Gasteiger partial charge in [0, 0.05) is 0 Å². The van der Waals surface area contributed by atoms with Gasteiger partial charge in [0.25, 0.3) is 0 Å². The highest BCUT2D eigenvalue weighted by Crippen LogP contribution is 2.25. The van der Waals surface area contributed by atoms with Gasteiger partial charge in [0.15, 0.2) is 0 Å². The molecule has 0 aromatic carbocycles. The van der Waals surface area contributed by atoms with Gasteiger partial charge in [0.05, 0.1) is 0 Å². The third kappa shape index (κ3) is 7.53. The standard InChI is InChI=1S/C7H10Cl3NO4/c1-2-4(5(12)13)11-6(14)15-3-7(8,9)10/h4H,2-3H2,1H3,(H,11,14)(H,12,13)/t4-/m0/s1. The van der Waals surface area contributed by atoms with Crippen LogP contribution in [0.1, 0.15) is 13.3 Å². The van der Waals surface area contributed by atoms with Gasteiger partial charge in [-0.05, 0) is 6.42 Å². The molecule has 0 rings (SSSR count). The topological polar surface area (TPSA) is 75.6 Å². The highest BCUT2D eigenvalue weighted by Gasteiger charge is 2.24. The molecule has 0 aliphatic rings. The van der Waals surface area contributed by atoms with E-state index in [4.69, 9.17) is 39.9 Å². The maximum absolute atomic E-state index is 11.0. The molecule has 0 aromatic rings. The Bertz CT molecular complexity index is 241. The smallest absolute Gasteiger partial charge is 0.407 e. The number of carbonyl (C=O) groups is 2. The van der Waals surface area contributed by atoms with E-state index in [1.807, 2.05) is 0 Å². The van der Waals surface area contributed by atoms with Crippen LogP contribution in [0.25, 0.3) is 0 Å². The maximum atomic E-state index is 11.0. The van der Waals surface area contributed by atoms with Crippen LogP contribution >= 0.6 is 34.8 Å². The van der Waals surface area contributed by atoms with Gasteiger partial charge in [-0.15, -0.1) is 0 Å². The second-order valence-electron chi connectivity index (χ2n) is 2.63. The molecule has 2 N–H and O–H groups in total. The average molecular weight is 279 g/mol. The third-order valence-electron chi connectivity index (χ3n) is 1.37. The number of nitrogens with one attached hydrogen (secondary N) is 1. The summed E-state index contributed by atoms with van der Waals surface area (Å²) in [5.41, 5.74) is 0. The number of rotatable bonds is 4. The summed E-state index contributed by atoms with van der Waals surface area (Å²) in [6, 6.07) is -1.01. The van der Waals surface area contributed by atoms with E-state index in [9.17, 15) is 9.59 Å². The lowest BCUT2D eigenvalue weighted by Crippen LogP contribution is -2.41. The van der Waals surface area contributed by atoms with E-state index in [0.717, 1.165) is 0 Å². The van der Waals surface area contributed by atoms with Crippen molar-refractivity contribution in [1.29, 1.82) is 0 Å². The second-order valence-corrected chi connectivity index (χ2v) is 5.15. The Hall–Kier alpha value is -0.390. The van der Waals surface area contributed by atoms with Crippen LogP contribution in [0.2, 0.25) is 0 Å². The van der Waals surface area contributed by atoms with Crippen LogP contribution in [0.5, 0.6) is 0 Å². The number of carboxylic acid groups (broad SMARTS) is 1.